The second-order valence-corrected chi connectivity index (χ2v) is 8.00. The van der Waals surface area contributed by atoms with Crippen LogP contribution in [0.1, 0.15) is 10.4 Å². The number of rotatable bonds is 7. The second-order valence-electron chi connectivity index (χ2n) is 5.44. The van der Waals surface area contributed by atoms with Crippen LogP contribution in [-0.4, -0.2) is 46.0 Å². The number of hydrogen-bond acceptors (Lipinski definition) is 6. The molecule has 0 unspecified atom stereocenters. The van der Waals surface area contributed by atoms with E-state index in [1.165, 1.54) is 44.4 Å². The molecule has 0 bridgehead atoms. The maximum absolute atomic E-state index is 12.0. The Morgan fingerprint density at radius 1 is 1.12 bits per heavy atom. The molecule has 2 N–H and O–H groups in total. The monoisotopic (exact) mass is 398 g/mol. The number of ether oxygens (including phenoxy) is 2. The SMILES string of the molecule is CN(C)S(=O)(=O)c1ccc(OCCOC(=O)c2cccc(Cl)c2N)cc1. The maximum Gasteiger partial charge on any atom is 0.340 e. The maximum atomic E-state index is 12.0. The number of halogens is 1. The third kappa shape index (κ3) is 4.66. The minimum absolute atomic E-state index is 0.00251. The van der Waals surface area contributed by atoms with Crippen molar-refractivity contribution >= 4 is 33.3 Å². The summed E-state index contributed by atoms with van der Waals surface area (Å²) in [5, 5.41) is 0.281. The molecule has 2 aromatic carbocycles. The van der Waals surface area contributed by atoms with Crippen LogP contribution in [0.5, 0.6) is 5.75 Å². The molecule has 7 nitrogen and oxygen atoms in total. The summed E-state index contributed by atoms with van der Waals surface area (Å²) >= 11 is 5.86. The van der Waals surface area contributed by atoms with Crippen LogP contribution in [0.3, 0.4) is 0 Å². The molecule has 0 aliphatic carbocycles. The van der Waals surface area contributed by atoms with E-state index in [1.807, 2.05) is 0 Å². The van der Waals surface area contributed by atoms with Gasteiger partial charge in [-0.2, -0.15) is 0 Å². The predicted molar refractivity (Wildman–Crippen MR) is 99.0 cm³/mol. The van der Waals surface area contributed by atoms with Crippen molar-refractivity contribution in [2.75, 3.05) is 33.0 Å². The number of hydrogen-bond donors (Lipinski definition) is 1. The Labute approximate surface area is 157 Å². The molecular formula is C17H19ClN2O5S. The van der Waals surface area contributed by atoms with Gasteiger partial charge in [0.2, 0.25) is 10.0 Å². The van der Waals surface area contributed by atoms with Gasteiger partial charge < -0.3 is 15.2 Å². The fraction of sp³-hybridized carbons (Fsp3) is 0.235. The van der Waals surface area contributed by atoms with E-state index in [4.69, 9.17) is 26.8 Å². The highest BCUT2D eigenvalue weighted by molar-refractivity contribution is 7.89. The van der Waals surface area contributed by atoms with Crippen LogP contribution in [-0.2, 0) is 14.8 Å². The van der Waals surface area contributed by atoms with Gasteiger partial charge in [0.1, 0.15) is 19.0 Å². The number of anilines is 1. The Morgan fingerprint density at radius 3 is 2.38 bits per heavy atom. The van der Waals surface area contributed by atoms with E-state index in [9.17, 15) is 13.2 Å². The molecule has 2 aromatic rings. The Bertz CT molecular complexity index is 883. The van der Waals surface area contributed by atoms with Crippen LogP contribution in [0.15, 0.2) is 47.4 Å². The third-order valence-electron chi connectivity index (χ3n) is 3.46. The predicted octanol–water partition coefficient (Wildman–Crippen LogP) is 2.41. The van der Waals surface area contributed by atoms with Crippen molar-refractivity contribution < 1.29 is 22.7 Å². The fourth-order valence-electron chi connectivity index (χ4n) is 2.01. The first-order valence-corrected chi connectivity index (χ1v) is 9.42. The highest BCUT2D eigenvalue weighted by Gasteiger charge is 2.17. The first-order chi connectivity index (χ1) is 12.2. The number of sulfonamides is 1. The molecule has 0 heterocycles. The molecule has 26 heavy (non-hydrogen) atoms. The lowest BCUT2D eigenvalue weighted by Gasteiger charge is -2.12. The third-order valence-corrected chi connectivity index (χ3v) is 5.62. The molecule has 0 saturated heterocycles. The first-order valence-electron chi connectivity index (χ1n) is 7.60. The number of esters is 1. The summed E-state index contributed by atoms with van der Waals surface area (Å²) in [6.07, 6.45) is 0. The van der Waals surface area contributed by atoms with E-state index in [0.717, 1.165) is 4.31 Å². The molecule has 0 saturated carbocycles. The van der Waals surface area contributed by atoms with Crippen molar-refractivity contribution in [2.24, 2.45) is 0 Å². The number of nitrogens with two attached hydrogens (primary N) is 1. The van der Waals surface area contributed by atoms with Crippen molar-refractivity contribution in [3.63, 3.8) is 0 Å². The lowest BCUT2D eigenvalue weighted by atomic mass is 10.2. The summed E-state index contributed by atoms with van der Waals surface area (Å²) in [5.74, 6) is -0.137. The molecule has 9 heteroatoms. The number of carbonyl (C=O) groups excluding carboxylic acids is 1. The molecular weight excluding hydrogens is 380 g/mol. The normalized spacial score (nSPS) is 11.4. The summed E-state index contributed by atoms with van der Waals surface area (Å²) in [4.78, 5) is 12.1. The molecule has 0 aromatic heterocycles. The quantitative estimate of drug-likeness (QED) is 0.437. The van der Waals surface area contributed by atoms with Crippen LogP contribution in [0.2, 0.25) is 5.02 Å². The Balaban J connectivity index is 1.87. The topological polar surface area (TPSA) is 98.9 Å². The molecule has 0 aliphatic rings. The van der Waals surface area contributed by atoms with Crippen molar-refractivity contribution in [1.82, 2.24) is 4.31 Å². The smallest absolute Gasteiger partial charge is 0.340 e. The minimum Gasteiger partial charge on any atom is -0.490 e. The van der Waals surface area contributed by atoms with Gasteiger partial charge in [0.15, 0.2) is 0 Å². The van der Waals surface area contributed by atoms with E-state index in [1.54, 1.807) is 12.1 Å². The van der Waals surface area contributed by atoms with Gasteiger partial charge in [-0.05, 0) is 36.4 Å². The molecule has 0 aliphatic heterocycles. The summed E-state index contributed by atoms with van der Waals surface area (Å²) in [6, 6.07) is 10.7. The summed E-state index contributed by atoms with van der Waals surface area (Å²) in [5.41, 5.74) is 6.09. The summed E-state index contributed by atoms with van der Waals surface area (Å²) < 4.78 is 35.6. The molecule has 140 valence electrons. The fourth-order valence-corrected chi connectivity index (χ4v) is 3.08. The number of benzene rings is 2. The Hall–Kier alpha value is -2.29. The van der Waals surface area contributed by atoms with Crippen molar-refractivity contribution in [1.29, 1.82) is 0 Å². The van der Waals surface area contributed by atoms with Crippen molar-refractivity contribution in [2.45, 2.75) is 4.90 Å². The van der Waals surface area contributed by atoms with Crippen LogP contribution in [0.25, 0.3) is 0 Å². The second kappa shape index (κ2) is 8.39. The van der Waals surface area contributed by atoms with E-state index in [-0.39, 0.29) is 34.4 Å². The number of nitrogen functional groups attached to an aromatic ring is 1. The van der Waals surface area contributed by atoms with Gasteiger partial charge in [0, 0.05) is 14.1 Å². The largest absolute Gasteiger partial charge is 0.490 e. The average Bonchev–Trinajstić information content (AvgIpc) is 2.61. The van der Waals surface area contributed by atoms with Gasteiger partial charge in [0.05, 0.1) is 21.2 Å². The summed E-state index contributed by atoms with van der Waals surface area (Å²) in [7, 11) is -0.564. The van der Waals surface area contributed by atoms with Gasteiger partial charge in [-0.15, -0.1) is 0 Å². The molecule has 0 fully saturated rings. The van der Waals surface area contributed by atoms with E-state index in [2.05, 4.69) is 0 Å². The van der Waals surface area contributed by atoms with Crippen LogP contribution in [0, 0.1) is 0 Å². The van der Waals surface area contributed by atoms with Gasteiger partial charge >= 0.3 is 5.97 Å². The zero-order valence-electron chi connectivity index (χ0n) is 14.3. The zero-order chi connectivity index (χ0) is 19.3. The van der Waals surface area contributed by atoms with Gasteiger partial charge in [0.25, 0.3) is 0 Å². The van der Waals surface area contributed by atoms with Gasteiger partial charge in [-0.25, -0.2) is 17.5 Å². The molecule has 2 rings (SSSR count). The number of nitrogens with zero attached hydrogens (tertiary/aromatic N) is 1. The number of carbonyl (C=O) groups is 1. The van der Waals surface area contributed by atoms with Crippen LogP contribution >= 0.6 is 11.6 Å². The minimum atomic E-state index is -3.48. The Morgan fingerprint density at radius 2 is 1.77 bits per heavy atom. The van der Waals surface area contributed by atoms with Gasteiger partial charge in [-0.3, -0.25) is 0 Å². The summed E-state index contributed by atoms with van der Waals surface area (Å²) in [6.45, 7) is 0.106. The number of para-hydroxylation sites is 1. The highest BCUT2D eigenvalue weighted by atomic mass is 35.5. The highest BCUT2D eigenvalue weighted by Crippen LogP contribution is 2.23. The Kier molecular flexibility index (Phi) is 6.47. The lowest BCUT2D eigenvalue weighted by molar-refractivity contribution is 0.0451. The van der Waals surface area contributed by atoms with Crippen LogP contribution in [0.4, 0.5) is 5.69 Å². The first kappa shape index (κ1) is 20.0. The molecule has 0 amide bonds. The van der Waals surface area contributed by atoms with E-state index in [0.29, 0.717) is 5.75 Å². The van der Waals surface area contributed by atoms with Crippen molar-refractivity contribution in [3.8, 4) is 5.75 Å². The van der Waals surface area contributed by atoms with Crippen LogP contribution < -0.4 is 10.5 Å². The van der Waals surface area contributed by atoms with Crippen molar-refractivity contribution in [3.05, 3.63) is 53.1 Å². The molecule has 0 atom stereocenters. The molecule has 0 spiro atoms. The zero-order valence-corrected chi connectivity index (χ0v) is 15.9. The molecule has 0 radical (unpaired) electrons. The lowest BCUT2D eigenvalue weighted by Crippen LogP contribution is -2.22. The average molecular weight is 399 g/mol. The van der Waals surface area contributed by atoms with E-state index < -0.39 is 16.0 Å². The standard InChI is InChI=1S/C17H19ClN2O5S/c1-20(2)26(22,23)13-8-6-12(7-9-13)24-10-11-25-17(21)14-4-3-5-15(18)16(14)19/h3-9H,10-11,19H2,1-2H3. The van der Waals surface area contributed by atoms with E-state index >= 15 is 0 Å². The van der Waals surface area contributed by atoms with Gasteiger partial charge in [-0.1, -0.05) is 17.7 Å².